The molecule has 0 aliphatic heterocycles. The molecule has 22 heavy (non-hydrogen) atoms. The minimum Gasteiger partial charge on any atom is -0.507 e. The number of hydrogen-bond acceptors (Lipinski definition) is 4. The second kappa shape index (κ2) is 6.76. The third kappa shape index (κ3) is 3.63. The van der Waals surface area contributed by atoms with Crippen LogP contribution in [0.15, 0.2) is 48.5 Å². The number of carbonyl (C=O) groups excluding carboxylic acids is 1. The minimum atomic E-state index is -1.09. The smallest absolute Gasteiger partial charge is 0.307 e. The van der Waals surface area contributed by atoms with Crippen LogP contribution in [-0.4, -0.2) is 27.1 Å². The zero-order valence-electron chi connectivity index (χ0n) is 11.8. The molecule has 0 aliphatic rings. The van der Waals surface area contributed by atoms with Gasteiger partial charge in [-0.25, -0.2) is 0 Å². The molecule has 1 atom stereocenters. The van der Waals surface area contributed by atoms with E-state index in [2.05, 4.69) is 0 Å². The number of carboxylic acids is 1. The van der Waals surface area contributed by atoms with Crippen LogP contribution in [0.3, 0.4) is 0 Å². The van der Waals surface area contributed by atoms with Crippen molar-refractivity contribution in [1.29, 1.82) is 0 Å². The van der Waals surface area contributed by atoms with Crippen molar-refractivity contribution in [2.75, 3.05) is 0 Å². The van der Waals surface area contributed by atoms with Crippen LogP contribution in [0.1, 0.15) is 22.3 Å². The molecular weight excluding hydrogens is 284 g/mol. The Hall–Kier alpha value is -2.82. The van der Waals surface area contributed by atoms with Gasteiger partial charge in [0, 0.05) is 6.42 Å². The second-order valence-electron chi connectivity index (χ2n) is 5.02. The van der Waals surface area contributed by atoms with E-state index < -0.39 is 17.7 Å². The second-order valence-corrected chi connectivity index (χ2v) is 5.02. The highest BCUT2D eigenvalue weighted by molar-refractivity contribution is 6.02. The molecule has 2 aromatic rings. The van der Waals surface area contributed by atoms with E-state index in [9.17, 15) is 24.9 Å². The van der Waals surface area contributed by atoms with Crippen molar-refractivity contribution in [3.05, 3.63) is 59.7 Å². The number of carbonyl (C=O) groups is 2. The molecule has 0 aromatic heterocycles. The lowest BCUT2D eigenvalue weighted by atomic mass is 9.91. The van der Waals surface area contributed by atoms with E-state index in [1.165, 1.54) is 18.2 Å². The highest BCUT2D eigenvalue weighted by Gasteiger charge is 2.25. The van der Waals surface area contributed by atoms with E-state index in [1.807, 2.05) is 6.07 Å². The molecular formula is C17H16O5. The molecule has 0 aliphatic carbocycles. The summed E-state index contributed by atoms with van der Waals surface area (Å²) in [6.07, 6.45) is -0.0916. The largest absolute Gasteiger partial charge is 0.507 e. The number of aliphatic carboxylic acids is 1. The molecule has 0 unspecified atom stereocenters. The van der Waals surface area contributed by atoms with Gasteiger partial charge < -0.3 is 15.3 Å². The fourth-order valence-electron chi connectivity index (χ4n) is 2.29. The van der Waals surface area contributed by atoms with Crippen molar-refractivity contribution < 1.29 is 24.9 Å². The predicted octanol–water partition coefficient (Wildman–Crippen LogP) is 2.61. The normalized spacial score (nSPS) is 11.8. The number of rotatable bonds is 6. The number of hydrogen-bond donors (Lipinski definition) is 3. The fourth-order valence-corrected chi connectivity index (χ4v) is 2.29. The Bertz CT molecular complexity index is 658. The molecule has 0 saturated heterocycles. The van der Waals surface area contributed by atoms with Gasteiger partial charge in [-0.2, -0.15) is 0 Å². The summed E-state index contributed by atoms with van der Waals surface area (Å²) in [7, 11) is 0. The number of Topliss-reactive ketones (excluding diaryl/α,β-unsaturated/α-hetero) is 1. The van der Waals surface area contributed by atoms with Crippen LogP contribution in [0.4, 0.5) is 0 Å². The summed E-state index contributed by atoms with van der Waals surface area (Å²) in [6, 6.07) is 13.0. The average molecular weight is 300 g/mol. The lowest BCUT2D eigenvalue weighted by molar-refractivity contribution is -0.141. The first-order valence-corrected chi connectivity index (χ1v) is 6.80. The Balaban J connectivity index is 2.18. The molecule has 114 valence electrons. The van der Waals surface area contributed by atoms with Gasteiger partial charge in [-0.05, 0) is 24.1 Å². The van der Waals surface area contributed by atoms with Gasteiger partial charge in [0.15, 0.2) is 5.78 Å². The summed E-state index contributed by atoms with van der Waals surface area (Å²) in [5, 5.41) is 28.6. The maximum absolute atomic E-state index is 12.2. The molecule has 2 rings (SSSR count). The van der Waals surface area contributed by atoms with Crippen molar-refractivity contribution in [2.24, 2.45) is 5.92 Å². The Morgan fingerprint density at radius 2 is 1.50 bits per heavy atom. The van der Waals surface area contributed by atoms with Gasteiger partial charge in [-0.1, -0.05) is 36.4 Å². The maximum Gasteiger partial charge on any atom is 0.307 e. The Morgan fingerprint density at radius 3 is 2.05 bits per heavy atom. The topological polar surface area (TPSA) is 94.8 Å². The SMILES string of the molecule is O=C(C[C@@H](Cc1ccccc1)C(=O)O)c1c(O)cccc1O. The number of phenols is 2. The van der Waals surface area contributed by atoms with Gasteiger partial charge in [0.1, 0.15) is 17.1 Å². The molecule has 2 aromatic carbocycles. The van der Waals surface area contributed by atoms with E-state index in [4.69, 9.17) is 0 Å². The molecule has 0 amide bonds. The lowest BCUT2D eigenvalue weighted by Gasteiger charge is -2.13. The van der Waals surface area contributed by atoms with Crippen molar-refractivity contribution in [3.63, 3.8) is 0 Å². The molecule has 5 heteroatoms. The maximum atomic E-state index is 12.2. The van der Waals surface area contributed by atoms with Gasteiger partial charge in [-0.3, -0.25) is 9.59 Å². The quantitative estimate of drug-likeness (QED) is 0.713. The van der Waals surface area contributed by atoms with Gasteiger partial charge in [-0.15, -0.1) is 0 Å². The summed E-state index contributed by atoms with van der Waals surface area (Å²) in [5.41, 5.74) is 0.575. The van der Waals surface area contributed by atoms with E-state index in [-0.39, 0.29) is 29.9 Å². The first-order valence-electron chi connectivity index (χ1n) is 6.80. The van der Waals surface area contributed by atoms with E-state index >= 15 is 0 Å². The summed E-state index contributed by atoms with van der Waals surface area (Å²) >= 11 is 0. The molecule has 0 radical (unpaired) electrons. The van der Waals surface area contributed by atoms with Crippen LogP contribution in [0.2, 0.25) is 0 Å². The lowest BCUT2D eigenvalue weighted by Crippen LogP contribution is -2.20. The van der Waals surface area contributed by atoms with Gasteiger partial charge in [0.25, 0.3) is 0 Å². The van der Waals surface area contributed by atoms with Crippen molar-refractivity contribution in [2.45, 2.75) is 12.8 Å². The fraction of sp³-hybridized carbons (Fsp3) is 0.176. The van der Waals surface area contributed by atoms with Gasteiger partial charge in [0.2, 0.25) is 0 Å². The molecule has 0 spiro atoms. The van der Waals surface area contributed by atoms with Crippen molar-refractivity contribution in [3.8, 4) is 11.5 Å². The molecule has 3 N–H and O–H groups in total. The van der Waals surface area contributed by atoms with E-state index in [1.54, 1.807) is 24.3 Å². The molecule has 0 fully saturated rings. The number of carboxylic acid groups (broad SMARTS) is 1. The number of phenolic OH excluding ortho intramolecular Hbond substituents is 2. The predicted molar refractivity (Wildman–Crippen MR) is 80.0 cm³/mol. The first-order chi connectivity index (χ1) is 10.5. The summed E-state index contributed by atoms with van der Waals surface area (Å²) in [6.45, 7) is 0. The Morgan fingerprint density at radius 1 is 0.909 bits per heavy atom. The van der Waals surface area contributed by atoms with Crippen LogP contribution in [0.5, 0.6) is 11.5 Å². The van der Waals surface area contributed by atoms with Crippen LogP contribution >= 0.6 is 0 Å². The highest BCUT2D eigenvalue weighted by atomic mass is 16.4. The summed E-state index contributed by atoms with van der Waals surface area (Å²) in [4.78, 5) is 23.6. The number of benzene rings is 2. The third-order valence-corrected chi connectivity index (χ3v) is 3.41. The molecule has 0 saturated carbocycles. The summed E-state index contributed by atoms with van der Waals surface area (Å²) < 4.78 is 0. The van der Waals surface area contributed by atoms with Crippen molar-refractivity contribution >= 4 is 11.8 Å². The zero-order chi connectivity index (χ0) is 16.1. The number of aromatic hydroxyl groups is 2. The zero-order valence-corrected chi connectivity index (χ0v) is 11.8. The average Bonchev–Trinajstić information content (AvgIpc) is 2.47. The van der Waals surface area contributed by atoms with Gasteiger partial charge in [0.05, 0.1) is 5.92 Å². The molecule has 0 heterocycles. The third-order valence-electron chi connectivity index (χ3n) is 3.41. The van der Waals surface area contributed by atoms with Crippen LogP contribution < -0.4 is 0 Å². The van der Waals surface area contributed by atoms with Crippen LogP contribution in [0.25, 0.3) is 0 Å². The van der Waals surface area contributed by atoms with Crippen LogP contribution in [-0.2, 0) is 11.2 Å². The highest BCUT2D eigenvalue weighted by Crippen LogP contribution is 2.29. The molecule has 0 bridgehead atoms. The Kier molecular flexibility index (Phi) is 4.78. The Labute approximate surface area is 127 Å². The minimum absolute atomic E-state index is 0.205. The van der Waals surface area contributed by atoms with E-state index in [0.717, 1.165) is 5.56 Å². The van der Waals surface area contributed by atoms with Crippen LogP contribution in [0, 0.1) is 5.92 Å². The first kappa shape index (κ1) is 15.6. The summed E-state index contributed by atoms with van der Waals surface area (Å²) in [5.74, 6) is -3.32. The standard InChI is InChI=1S/C17H16O5/c18-13-7-4-8-14(19)16(13)15(20)10-12(17(21)22)9-11-5-2-1-3-6-11/h1-8,12,18-19H,9-10H2,(H,21,22)/t12-/m1/s1. The van der Waals surface area contributed by atoms with Crippen molar-refractivity contribution in [1.82, 2.24) is 0 Å². The van der Waals surface area contributed by atoms with Gasteiger partial charge >= 0.3 is 5.97 Å². The molecule has 5 nitrogen and oxygen atoms in total. The number of ketones is 1. The van der Waals surface area contributed by atoms with E-state index in [0.29, 0.717) is 0 Å². The monoisotopic (exact) mass is 300 g/mol.